The summed E-state index contributed by atoms with van der Waals surface area (Å²) in [5, 5.41) is 13.0. The molecule has 0 fully saturated rings. The third-order valence-corrected chi connectivity index (χ3v) is 12.1. The van der Waals surface area contributed by atoms with E-state index in [0.29, 0.717) is 22.3 Å². The fourth-order valence-corrected chi connectivity index (χ4v) is 8.01. The average molecular weight is 885 g/mol. The van der Waals surface area contributed by atoms with E-state index in [9.17, 15) is 10.1 Å². The van der Waals surface area contributed by atoms with Gasteiger partial charge in [0.1, 0.15) is 8.07 Å². The molecule has 0 saturated heterocycles. The summed E-state index contributed by atoms with van der Waals surface area (Å²) in [6.45, 7) is 33.4. The van der Waals surface area contributed by atoms with Crippen molar-refractivity contribution in [1.29, 1.82) is 0 Å². The first-order valence-corrected chi connectivity index (χ1v) is 24.7. The molecule has 2 aliphatic rings. The zero-order chi connectivity index (χ0) is 44.6. The molecule has 322 valence electrons. The van der Waals surface area contributed by atoms with Crippen LogP contribution in [0.15, 0.2) is 60.7 Å². The van der Waals surface area contributed by atoms with Crippen molar-refractivity contribution in [2.75, 3.05) is 0 Å². The van der Waals surface area contributed by atoms with Gasteiger partial charge in [-0.1, -0.05) is 180 Å². The molecule has 5 heterocycles. The van der Waals surface area contributed by atoms with E-state index < -0.39 is 8.07 Å². The Morgan fingerprint density at radius 2 is 0.887 bits per heavy atom. The van der Waals surface area contributed by atoms with Crippen molar-refractivity contribution in [1.82, 2.24) is 19.9 Å². The molecule has 2 aromatic carbocycles. The second-order valence-corrected chi connectivity index (χ2v) is 26.4. The van der Waals surface area contributed by atoms with Gasteiger partial charge in [-0.25, -0.2) is 9.97 Å². The van der Waals surface area contributed by atoms with Crippen LogP contribution in [-0.4, -0.2) is 23.0 Å². The van der Waals surface area contributed by atoms with E-state index in [1.165, 1.54) is 22.3 Å². The van der Waals surface area contributed by atoms with E-state index in [2.05, 4.69) is 163 Å². The van der Waals surface area contributed by atoms with Crippen LogP contribution in [0.5, 0.6) is 0 Å². The van der Waals surface area contributed by atoms with Crippen molar-refractivity contribution in [2.45, 2.75) is 124 Å². The summed E-state index contributed by atoms with van der Waals surface area (Å²) < 4.78 is 0. The molecule has 0 amide bonds. The topological polar surface area (TPSA) is 97.1 Å². The Labute approximate surface area is 379 Å². The van der Waals surface area contributed by atoms with Gasteiger partial charge in [0.2, 0.25) is 5.69 Å². The van der Waals surface area contributed by atoms with Gasteiger partial charge in [0.25, 0.3) is 0 Å². The van der Waals surface area contributed by atoms with Gasteiger partial charge in [-0.15, -0.1) is 16.6 Å². The number of hydrogen-bond acceptors (Lipinski definition) is 4. The largest absolute Gasteiger partial charge is 2.00 e. The quantitative estimate of drug-likeness (QED) is 0.0759. The third kappa shape index (κ3) is 9.53. The van der Waals surface area contributed by atoms with Crippen LogP contribution in [0.4, 0.5) is 5.69 Å². The Kier molecular flexibility index (Phi) is 12.0. The summed E-state index contributed by atoms with van der Waals surface area (Å²) in [6, 6.07) is 20.8. The minimum atomic E-state index is -1.86. The second kappa shape index (κ2) is 16.1. The van der Waals surface area contributed by atoms with Gasteiger partial charge in [-0.2, -0.15) is 0 Å². The van der Waals surface area contributed by atoms with Gasteiger partial charge in [0, 0.05) is 11.1 Å². The van der Waals surface area contributed by atoms with Crippen molar-refractivity contribution in [3.05, 3.63) is 121 Å². The van der Waals surface area contributed by atoms with Gasteiger partial charge in [0.15, 0.2) is 0 Å². The van der Waals surface area contributed by atoms with E-state index in [4.69, 9.17) is 19.9 Å². The summed E-state index contributed by atoms with van der Waals surface area (Å²) in [7, 11) is -1.86. The van der Waals surface area contributed by atoms with Gasteiger partial charge < -0.3 is 9.97 Å². The molecule has 0 aliphatic carbocycles. The van der Waals surface area contributed by atoms with Gasteiger partial charge in [-0.3, -0.25) is 10.1 Å². The predicted octanol–water partition coefficient (Wildman–Crippen LogP) is 13.6. The summed E-state index contributed by atoms with van der Waals surface area (Å²) in [5.41, 5.74) is 16.4. The van der Waals surface area contributed by atoms with Crippen molar-refractivity contribution >= 4 is 60.1 Å². The number of benzene rings is 2. The maximum Gasteiger partial charge on any atom is 2.00 e. The molecule has 0 radical (unpaired) electrons. The monoisotopic (exact) mass is 883 g/mol. The van der Waals surface area contributed by atoms with E-state index in [-0.39, 0.29) is 59.8 Å². The first-order chi connectivity index (χ1) is 28.2. The number of fused-ring (bicyclic) bond motifs is 8. The van der Waals surface area contributed by atoms with Crippen LogP contribution in [0.1, 0.15) is 134 Å². The zero-order valence-electron chi connectivity index (χ0n) is 39.0. The van der Waals surface area contributed by atoms with E-state index >= 15 is 0 Å². The summed E-state index contributed by atoms with van der Waals surface area (Å²) in [4.78, 5) is 33.4. The molecule has 3 aromatic heterocycles. The number of rotatable bonds is 3. The van der Waals surface area contributed by atoms with Crippen LogP contribution in [0.2, 0.25) is 19.6 Å². The Morgan fingerprint density at radius 3 is 1.31 bits per heavy atom. The zero-order valence-corrected chi connectivity index (χ0v) is 40.9. The van der Waals surface area contributed by atoms with Crippen LogP contribution in [0.3, 0.4) is 0 Å². The summed E-state index contributed by atoms with van der Waals surface area (Å²) in [6.07, 6.45) is 8.17. The van der Waals surface area contributed by atoms with E-state index in [0.717, 1.165) is 39.3 Å². The SMILES string of the molecule is CC(C)(C)c1cc(-c2c3nc(c(C#C[Si](C)(C)C)c4ccc([n-]4)c([N+](=O)[O-])c4ccc([n-]4)c(-c4cc(C(C)(C)C)cc(C(C)(C)C)c4)c4nc2C=C4)C=C3)cc(C(C)(C)C)c1.[Ni+2]. The average Bonchev–Trinajstić information content (AvgIpc) is 3.97. The molecule has 2 aliphatic heterocycles. The number of hydrogen-bond donors (Lipinski definition) is 0. The molecule has 7 rings (SSSR count). The smallest absolute Gasteiger partial charge is 0.652 e. The molecular formula is C53H59N5NiO2Si. The van der Waals surface area contributed by atoms with Crippen molar-refractivity contribution in [2.24, 2.45) is 0 Å². The Morgan fingerprint density at radius 1 is 0.532 bits per heavy atom. The standard InChI is InChI=1S/C53H59N5O2Si.Ni/c1-50(2,3)34-26-32(27-35(30-34)51(4,5)6)47-41-18-16-39(54-41)38(24-25-61(13,14)15)40-17-22-45(55-40)49(58(59)60)46-23-21-44(57-46)48(43-20-19-42(47)56-43)33-28-36(52(7,8)9)31-37(29-33)53(10,11)12;/h16-23,26-31H,1-15H3;/q-2;+2. The molecule has 0 atom stereocenters. The minimum Gasteiger partial charge on any atom is -0.652 e. The molecule has 0 N–H and O–H groups in total. The number of nitrogens with zero attached hydrogens (tertiary/aromatic N) is 5. The number of aromatic nitrogens is 4. The molecule has 0 unspecified atom stereocenters. The van der Waals surface area contributed by atoms with Crippen LogP contribution in [-0.2, 0) is 38.2 Å². The van der Waals surface area contributed by atoms with Crippen molar-refractivity contribution in [3.63, 3.8) is 0 Å². The maximum atomic E-state index is 13.0. The van der Waals surface area contributed by atoms with Crippen molar-refractivity contribution < 1.29 is 21.4 Å². The first-order valence-electron chi connectivity index (χ1n) is 21.2. The van der Waals surface area contributed by atoms with Crippen LogP contribution < -0.4 is 9.97 Å². The molecule has 62 heavy (non-hydrogen) atoms. The Hall–Kier alpha value is -5.29. The minimum absolute atomic E-state index is 0. The molecule has 5 aromatic rings. The molecular weight excluding hydrogens is 825 g/mol. The molecule has 9 heteroatoms. The first kappa shape index (κ1) is 46.2. The molecule has 0 saturated carbocycles. The van der Waals surface area contributed by atoms with Crippen LogP contribution >= 0.6 is 0 Å². The fraction of sp³-hybridized carbons (Fsp3) is 0.358. The fourth-order valence-electron chi connectivity index (χ4n) is 7.51. The number of nitro groups is 1. The van der Waals surface area contributed by atoms with Gasteiger partial charge in [-0.05, 0) is 84.9 Å². The molecule has 8 bridgehead atoms. The van der Waals surface area contributed by atoms with E-state index in [1.807, 2.05) is 24.3 Å². The maximum absolute atomic E-state index is 13.0. The second-order valence-electron chi connectivity index (χ2n) is 21.7. The van der Waals surface area contributed by atoms with Gasteiger partial charge >= 0.3 is 16.5 Å². The Balaban J connectivity index is 0.00000641. The summed E-state index contributed by atoms with van der Waals surface area (Å²) >= 11 is 0. The Bertz CT molecular complexity index is 2850. The summed E-state index contributed by atoms with van der Waals surface area (Å²) in [5.74, 6) is 3.45. The van der Waals surface area contributed by atoms with Crippen LogP contribution in [0, 0.1) is 21.6 Å². The normalized spacial score (nSPS) is 13.1. The van der Waals surface area contributed by atoms with Gasteiger partial charge in [0.05, 0.1) is 27.7 Å². The predicted molar refractivity (Wildman–Crippen MR) is 259 cm³/mol. The van der Waals surface area contributed by atoms with Crippen LogP contribution in [0.25, 0.3) is 68.6 Å². The molecule has 0 spiro atoms. The van der Waals surface area contributed by atoms with E-state index in [1.54, 1.807) is 12.1 Å². The van der Waals surface area contributed by atoms with Crippen molar-refractivity contribution in [3.8, 4) is 33.7 Å². The molecule has 7 nitrogen and oxygen atoms in total. The third-order valence-electron chi connectivity index (χ3n) is 11.2.